The minimum atomic E-state index is -0.301. The molecule has 4 rings (SSSR count). The zero-order valence-corrected chi connectivity index (χ0v) is 19.2. The van der Waals surface area contributed by atoms with Crippen molar-refractivity contribution in [3.8, 4) is 5.75 Å². The van der Waals surface area contributed by atoms with Crippen LogP contribution in [0.25, 0.3) is 11.0 Å². The van der Waals surface area contributed by atoms with Gasteiger partial charge in [-0.25, -0.2) is 4.39 Å². The van der Waals surface area contributed by atoms with Gasteiger partial charge in [0.25, 0.3) is 0 Å². The third-order valence-corrected chi connectivity index (χ3v) is 6.51. The molecule has 0 spiro atoms. The third-order valence-electron chi connectivity index (χ3n) is 5.89. The van der Waals surface area contributed by atoms with Crippen LogP contribution in [0.4, 0.5) is 4.39 Å². The Bertz CT molecular complexity index is 1060. The molecule has 0 aliphatic carbocycles. The van der Waals surface area contributed by atoms with Crippen LogP contribution in [0.1, 0.15) is 54.6 Å². The van der Waals surface area contributed by atoms with Crippen molar-refractivity contribution >= 4 is 32.7 Å². The van der Waals surface area contributed by atoms with E-state index in [0.29, 0.717) is 30.1 Å². The number of hydrogen-bond acceptors (Lipinski definition) is 5. The number of benzene rings is 2. The number of halogens is 2. The van der Waals surface area contributed by atoms with Crippen molar-refractivity contribution in [2.24, 2.45) is 0 Å². The topological polar surface area (TPSA) is 55.6 Å². The predicted molar refractivity (Wildman–Crippen MR) is 121 cm³/mol. The second kappa shape index (κ2) is 9.92. The van der Waals surface area contributed by atoms with E-state index >= 15 is 0 Å². The van der Waals surface area contributed by atoms with E-state index in [-0.39, 0.29) is 11.6 Å². The second-order valence-electron chi connectivity index (χ2n) is 7.95. The summed E-state index contributed by atoms with van der Waals surface area (Å²) in [5.74, 6) is 0.936. The molecule has 1 aliphatic heterocycles. The number of likely N-dealkylation sites (tertiary alicyclic amines) is 1. The van der Waals surface area contributed by atoms with Gasteiger partial charge >= 0.3 is 0 Å². The van der Waals surface area contributed by atoms with Gasteiger partial charge in [0.05, 0.1) is 16.8 Å². The van der Waals surface area contributed by atoms with Crippen molar-refractivity contribution in [3.63, 3.8) is 0 Å². The van der Waals surface area contributed by atoms with Crippen molar-refractivity contribution in [2.45, 2.75) is 38.5 Å². The molecule has 0 N–H and O–H groups in total. The number of aromatic nitrogens is 1. The molecule has 1 saturated heterocycles. The second-order valence-corrected chi connectivity index (χ2v) is 8.80. The van der Waals surface area contributed by atoms with Crippen molar-refractivity contribution in [1.82, 2.24) is 10.1 Å². The van der Waals surface area contributed by atoms with Crippen LogP contribution in [-0.2, 0) is 0 Å². The average molecular weight is 489 g/mol. The van der Waals surface area contributed by atoms with Gasteiger partial charge in [0, 0.05) is 35.9 Å². The summed E-state index contributed by atoms with van der Waals surface area (Å²) in [6.07, 6.45) is 3.45. The van der Waals surface area contributed by atoms with Crippen LogP contribution >= 0.6 is 15.9 Å². The fourth-order valence-electron chi connectivity index (χ4n) is 4.12. The molecular formula is C24H26BrFN2O3. The van der Waals surface area contributed by atoms with Gasteiger partial charge in [0.1, 0.15) is 11.6 Å². The Kier molecular flexibility index (Phi) is 7.02. The molecule has 0 radical (unpaired) electrons. The van der Waals surface area contributed by atoms with Gasteiger partial charge in [-0.05, 0) is 78.6 Å². The fourth-order valence-corrected chi connectivity index (χ4v) is 4.61. The van der Waals surface area contributed by atoms with Crippen LogP contribution in [0.2, 0.25) is 0 Å². The third kappa shape index (κ3) is 5.15. The lowest BCUT2D eigenvalue weighted by Crippen LogP contribution is -2.34. The first-order valence-electron chi connectivity index (χ1n) is 10.8. The molecule has 5 nitrogen and oxygen atoms in total. The number of ketones is 1. The monoisotopic (exact) mass is 488 g/mol. The Balaban J connectivity index is 1.22. The lowest BCUT2D eigenvalue weighted by molar-refractivity contribution is 0.0988. The molecule has 7 heteroatoms. The van der Waals surface area contributed by atoms with E-state index in [1.165, 1.54) is 12.1 Å². The van der Waals surface area contributed by atoms with Gasteiger partial charge in [-0.2, -0.15) is 0 Å². The maximum atomic E-state index is 13.4. The highest BCUT2D eigenvalue weighted by Gasteiger charge is 2.25. The first-order chi connectivity index (χ1) is 15.0. The van der Waals surface area contributed by atoms with Gasteiger partial charge in [0.15, 0.2) is 11.4 Å². The summed E-state index contributed by atoms with van der Waals surface area (Å²) in [4.78, 5) is 14.2. The molecule has 1 fully saturated rings. The highest BCUT2D eigenvalue weighted by atomic mass is 79.9. The summed E-state index contributed by atoms with van der Waals surface area (Å²) in [6.45, 7) is 5.45. The molecule has 0 saturated carbocycles. The van der Waals surface area contributed by atoms with Gasteiger partial charge in [-0.1, -0.05) is 12.1 Å². The maximum absolute atomic E-state index is 13.4. The van der Waals surface area contributed by atoms with E-state index < -0.39 is 0 Å². The summed E-state index contributed by atoms with van der Waals surface area (Å²) in [5, 5.41) is 5.14. The molecule has 0 bridgehead atoms. The van der Waals surface area contributed by atoms with Crippen molar-refractivity contribution in [1.29, 1.82) is 0 Å². The van der Waals surface area contributed by atoms with Crippen molar-refractivity contribution in [2.75, 3.05) is 26.2 Å². The van der Waals surface area contributed by atoms with E-state index in [1.54, 1.807) is 6.07 Å². The summed E-state index contributed by atoms with van der Waals surface area (Å²) in [7, 11) is 0. The summed E-state index contributed by atoms with van der Waals surface area (Å²) >= 11 is 3.50. The van der Waals surface area contributed by atoms with E-state index in [4.69, 9.17) is 9.26 Å². The van der Waals surface area contributed by atoms with Crippen LogP contribution in [0.3, 0.4) is 0 Å². The molecule has 31 heavy (non-hydrogen) atoms. The number of nitrogens with zero attached hydrogens (tertiary/aromatic N) is 2. The maximum Gasteiger partial charge on any atom is 0.170 e. The number of ether oxygens (including phenoxy) is 1. The molecular weight excluding hydrogens is 463 g/mol. The Labute approximate surface area is 189 Å². The largest absolute Gasteiger partial charge is 0.492 e. The number of carbonyl (C=O) groups excluding carboxylic acids is 1. The average Bonchev–Trinajstić information content (AvgIpc) is 3.20. The van der Waals surface area contributed by atoms with E-state index in [9.17, 15) is 9.18 Å². The molecule has 3 aromatic rings. The van der Waals surface area contributed by atoms with Crippen LogP contribution in [0.15, 0.2) is 45.4 Å². The van der Waals surface area contributed by atoms with Crippen LogP contribution in [0, 0.1) is 5.82 Å². The van der Waals surface area contributed by atoms with E-state index in [0.717, 1.165) is 60.2 Å². The Morgan fingerprint density at radius 1 is 1.26 bits per heavy atom. The van der Waals surface area contributed by atoms with Crippen molar-refractivity contribution in [3.05, 3.63) is 57.9 Å². The van der Waals surface area contributed by atoms with E-state index in [2.05, 4.69) is 26.0 Å². The molecule has 0 amide bonds. The lowest BCUT2D eigenvalue weighted by Gasteiger charge is -2.31. The first kappa shape index (κ1) is 22.0. The molecule has 164 valence electrons. The van der Waals surface area contributed by atoms with Crippen molar-refractivity contribution < 1.29 is 18.4 Å². The summed E-state index contributed by atoms with van der Waals surface area (Å²) < 4.78 is 25.4. The van der Waals surface area contributed by atoms with Crippen LogP contribution in [0.5, 0.6) is 5.75 Å². The minimum Gasteiger partial charge on any atom is -0.492 e. The molecule has 2 heterocycles. The minimum absolute atomic E-state index is 0.126. The number of rotatable bonds is 8. The Morgan fingerprint density at radius 3 is 2.81 bits per heavy atom. The highest BCUT2D eigenvalue weighted by molar-refractivity contribution is 9.10. The van der Waals surface area contributed by atoms with E-state index in [1.807, 2.05) is 25.1 Å². The zero-order valence-electron chi connectivity index (χ0n) is 17.6. The summed E-state index contributed by atoms with van der Waals surface area (Å²) in [5.41, 5.74) is 2.18. The number of carbonyl (C=O) groups is 1. The van der Waals surface area contributed by atoms with Gasteiger partial charge in [-0.15, -0.1) is 0 Å². The smallest absolute Gasteiger partial charge is 0.170 e. The first-order valence-corrected chi connectivity index (χ1v) is 11.6. The van der Waals surface area contributed by atoms with Crippen LogP contribution < -0.4 is 4.74 Å². The predicted octanol–water partition coefficient (Wildman–Crippen LogP) is 5.97. The normalized spacial score (nSPS) is 15.5. The lowest BCUT2D eigenvalue weighted by atomic mass is 9.91. The highest BCUT2D eigenvalue weighted by Crippen LogP contribution is 2.33. The fraction of sp³-hybridized carbons (Fsp3) is 0.417. The molecule has 0 atom stereocenters. The Hall–Kier alpha value is -2.25. The van der Waals surface area contributed by atoms with Gasteiger partial charge in [0.2, 0.25) is 0 Å². The van der Waals surface area contributed by atoms with Gasteiger partial charge < -0.3 is 14.2 Å². The molecule has 1 aromatic heterocycles. The quantitative estimate of drug-likeness (QED) is 0.288. The van der Waals surface area contributed by atoms with Crippen LogP contribution in [-0.4, -0.2) is 42.1 Å². The standard InChI is InChI=1S/C24H26BrFN2O3/c1-2-21(29)17-4-7-22(20(25)14-17)30-13-3-10-28-11-8-16(9-12-28)24-19-6-5-18(26)15-23(19)31-27-24/h4-7,14-16H,2-3,8-13H2,1H3. The Morgan fingerprint density at radius 2 is 2.06 bits per heavy atom. The zero-order chi connectivity index (χ0) is 21.8. The van der Waals surface area contributed by atoms with Gasteiger partial charge in [-0.3, -0.25) is 4.79 Å². The number of hydrogen-bond donors (Lipinski definition) is 0. The molecule has 2 aromatic carbocycles. The number of piperidine rings is 1. The molecule has 0 unspecified atom stereocenters. The molecule has 1 aliphatic rings. The summed E-state index contributed by atoms with van der Waals surface area (Å²) in [6, 6.07) is 10.1. The number of fused-ring (bicyclic) bond motifs is 1. The SMILES string of the molecule is CCC(=O)c1ccc(OCCCN2CCC(c3noc4cc(F)ccc34)CC2)c(Br)c1. The number of Topliss-reactive ketones (excluding diaryl/α,β-unsaturated/α-hetero) is 1.